The van der Waals surface area contributed by atoms with E-state index in [0.717, 1.165) is 33.4 Å². The second kappa shape index (κ2) is 5.22. The Morgan fingerprint density at radius 2 is 1.95 bits per heavy atom. The minimum atomic E-state index is 0.221. The molecule has 2 aromatic carbocycles. The van der Waals surface area contributed by atoms with Crippen LogP contribution in [0.2, 0.25) is 0 Å². The lowest BCUT2D eigenvalue weighted by Gasteiger charge is -2.07. The van der Waals surface area contributed by atoms with E-state index in [2.05, 4.69) is 49.4 Å². The molecule has 3 aromatic rings. The summed E-state index contributed by atoms with van der Waals surface area (Å²) in [5, 5.41) is 9.85. The van der Waals surface area contributed by atoms with Gasteiger partial charge >= 0.3 is 0 Å². The summed E-state index contributed by atoms with van der Waals surface area (Å²) in [6.45, 7) is 2.91. The number of rotatable bonds is 2. The van der Waals surface area contributed by atoms with Crippen LogP contribution in [-0.2, 0) is 6.54 Å². The second-order valence-electron chi connectivity index (χ2n) is 4.48. The third-order valence-electron chi connectivity index (χ3n) is 3.23. The topological polar surface area (TPSA) is 38.0 Å². The lowest BCUT2D eigenvalue weighted by Crippen LogP contribution is -1.97. The Bertz CT molecular complexity index is 796. The third-order valence-corrected chi connectivity index (χ3v) is 4.39. The molecule has 3 nitrogen and oxygen atoms in total. The summed E-state index contributed by atoms with van der Waals surface area (Å²) in [5.74, 6) is 1.08. The van der Waals surface area contributed by atoms with Crippen LogP contribution in [0.3, 0.4) is 0 Å². The minimum Gasteiger partial charge on any atom is -0.507 e. The number of benzene rings is 2. The number of phenols is 1. The molecule has 0 fully saturated rings. The van der Waals surface area contributed by atoms with E-state index in [-0.39, 0.29) is 5.75 Å². The van der Waals surface area contributed by atoms with Crippen LogP contribution in [0, 0.1) is 0 Å². The fourth-order valence-corrected chi connectivity index (χ4v) is 2.89. The van der Waals surface area contributed by atoms with E-state index in [4.69, 9.17) is 4.98 Å². The Morgan fingerprint density at radius 3 is 2.65 bits per heavy atom. The van der Waals surface area contributed by atoms with Crippen molar-refractivity contribution in [2.75, 3.05) is 0 Å². The molecule has 20 heavy (non-hydrogen) atoms. The Balaban J connectivity index is 2.26. The lowest BCUT2D eigenvalue weighted by molar-refractivity contribution is 0.472. The van der Waals surface area contributed by atoms with E-state index in [1.165, 1.54) is 0 Å². The largest absolute Gasteiger partial charge is 0.507 e. The first-order valence-corrected chi connectivity index (χ1v) is 7.83. The average molecular weight is 396 g/mol. The van der Waals surface area contributed by atoms with Crippen LogP contribution in [0.25, 0.3) is 22.4 Å². The van der Waals surface area contributed by atoms with E-state index in [1.807, 2.05) is 24.3 Å². The molecule has 1 heterocycles. The van der Waals surface area contributed by atoms with Gasteiger partial charge in [-0.3, -0.25) is 0 Å². The van der Waals surface area contributed by atoms with Crippen LogP contribution in [0.4, 0.5) is 0 Å². The number of aryl methyl sites for hydroxylation is 1. The van der Waals surface area contributed by atoms with Crippen LogP contribution in [-0.4, -0.2) is 14.7 Å². The monoisotopic (exact) mass is 394 g/mol. The Hall–Kier alpha value is -1.33. The van der Waals surface area contributed by atoms with Crippen molar-refractivity contribution < 1.29 is 5.11 Å². The molecule has 0 aliphatic carbocycles. The fraction of sp³-hybridized carbons (Fsp3) is 0.133. The van der Waals surface area contributed by atoms with Crippen LogP contribution < -0.4 is 0 Å². The highest BCUT2D eigenvalue weighted by Gasteiger charge is 2.13. The lowest BCUT2D eigenvalue weighted by atomic mass is 10.2. The molecule has 0 bridgehead atoms. The summed E-state index contributed by atoms with van der Waals surface area (Å²) in [5.41, 5.74) is 2.94. The van der Waals surface area contributed by atoms with Crippen LogP contribution >= 0.6 is 31.9 Å². The van der Waals surface area contributed by atoms with Crippen LogP contribution in [0.15, 0.2) is 45.3 Å². The van der Waals surface area contributed by atoms with Crippen molar-refractivity contribution in [2.45, 2.75) is 13.5 Å². The summed E-state index contributed by atoms with van der Waals surface area (Å²) in [7, 11) is 0. The molecule has 102 valence electrons. The number of aromatic hydroxyl groups is 1. The van der Waals surface area contributed by atoms with Gasteiger partial charge in [0, 0.05) is 16.6 Å². The van der Waals surface area contributed by atoms with Gasteiger partial charge in [-0.2, -0.15) is 0 Å². The first-order chi connectivity index (χ1) is 9.60. The number of hydrogen-bond donors (Lipinski definition) is 1. The summed E-state index contributed by atoms with van der Waals surface area (Å²) in [4.78, 5) is 4.69. The van der Waals surface area contributed by atoms with Crippen LogP contribution in [0.1, 0.15) is 6.92 Å². The summed E-state index contributed by atoms with van der Waals surface area (Å²) >= 11 is 6.77. The minimum absolute atomic E-state index is 0.221. The van der Waals surface area contributed by atoms with Gasteiger partial charge in [0.1, 0.15) is 11.6 Å². The van der Waals surface area contributed by atoms with Crippen molar-refractivity contribution in [1.29, 1.82) is 0 Å². The van der Waals surface area contributed by atoms with Crippen molar-refractivity contribution in [2.24, 2.45) is 0 Å². The zero-order valence-electron chi connectivity index (χ0n) is 10.8. The normalized spacial score (nSPS) is 11.2. The summed E-state index contributed by atoms with van der Waals surface area (Å²) < 4.78 is 3.84. The van der Waals surface area contributed by atoms with Gasteiger partial charge in [0.05, 0.1) is 15.5 Å². The maximum absolute atomic E-state index is 9.85. The van der Waals surface area contributed by atoms with Crippen molar-refractivity contribution in [3.63, 3.8) is 0 Å². The number of fused-ring (bicyclic) bond motifs is 1. The van der Waals surface area contributed by atoms with E-state index in [0.29, 0.717) is 4.47 Å². The van der Waals surface area contributed by atoms with E-state index < -0.39 is 0 Å². The fourth-order valence-electron chi connectivity index (χ4n) is 2.30. The smallest absolute Gasteiger partial charge is 0.141 e. The molecule has 0 aliphatic rings. The first-order valence-electron chi connectivity index (χ1n) is 6.25. The van der Waals surface area contributed by atoms with Crippen molar-refractivity contribution in [1.82, 2.24) is 9.55 Å². The SMILES string of the molecule is CCn1c(-c2ccc(Br)c(O)c2)nc2cc(Br)ccc21. The van der Waals surface area contributed by atoms with Gasteiger partial charge in [-0.1, -0.05) is 15.9 Å². The van der Waals surface area contributed by atoms with Crippen LogP contribution in [0.5, 0.6) is 5.75 Å². The van der Waals surface area contributed by atoms with E-state index in [9.17, 15) is 5.11 Å². The number of nitrogens with zero attached hydrogens (tertiary/aromatic N) is 2. The number of hydrogen-bond acceptors (Lipinski definition) is 2. The standard InChI is InChI=1S/C15H12Br2N2O/c1-2-19-13-6-4-10(16)8-12(13)18-15(19)9-3-5-11(17)14(20)7-9/h3-8,20H,2H2,1H3. The number of imidazole rings is 1. The quantitative estimate of drug-likeness (QED) is 0.666. The molecule has 3 rings (SSSR count). The van der Waals surface area contributed by atoms with Gasteiger partial charge in [-0.05, 0) is 59.3 Å². The summed E-state index contributed by atoms with van der Waals surface area (Å²) in [6.07, 6.45) is 0. The second-order valence-corrected chi connectivity index (χ2v) is 6.25. The van der Waals surface area contributed by atoms with E-state index in [1.54, 1.807) is 6.07 Å². The highest BCUT2D eigenvalue weighted by molar-refractivity contribution is 9.10. The summed E-state index contributed by atoms with van der Waals surface area (Å²) in [6, 6.07) is 11.6. The Morgan fingerprint density at radius 1 is 1.15 bits per heavy atom. The number of phenolic OH excluding ortho intramolecular Hbond substituents is 1. The molecule has 0 spiro atoms. The first kappa shape index (κ1) is 13.6. The van der Waals surface area contributed by atoms with Crippen molar-refractivity contribution in [3.05, 3.63) is 45.3 Å². The number of aromatic nitrogens is 2. The molecule has 0 radical (unpaired) electrons. The molecular formula is C15H12Br2N2O. The van der Waals surface area contributed by atoms with Crippen molar-refractivity contribution >= 4 is 42.9 Å². The van der Waals surface area contributed by atoms with Gasteiger partial charge in [0.15, 0.2) is 0 Å². The average Bonchev–Trinajstić information content (AvgIpc) is 2.79. The van der Waals surface area contributed by atoms with Gasteiger partial charge in [0.25, 0.3) is 0 Å². The molecule has 0 aliphatic heterocycles. The molecule has 0 unspecified atom stereocenters. The molecule has 5 heteroatoms. The predicted molar refractivity (Wildman–Crippen MR) is 87.9 cm³/mol. The molecule has 0 saturated heterocycles. The highest BCUT2D eigenvalue weighted by atomic mass is 79.9. The molecule has 1 aromatic heterocycles. The molecule has 0 atom stereocenters. The van der Waals surface area contributed by atoms with Gasteiger partial charge in [-0.15, -0.1) is 0 Å². The zero-order chi connectivity index (χ0) is 14.3. The highest BCUT2D eigenvalue weighted by Crippen LogP contribution is 2.32. The van der Waals surface area contributed by atoms with Gasteiger partial charge in [-0.25, -0.2) is 4.98 Å². The van der Waals surface area contributed by atoms with Crippen molar-refractivity contribution in [3.8, 4) is 17.1 Å². The molecule has 1 N–H and O–H groups in total. The number of halogens is 2. The molecule has 0 saturated carbocycles. The third kappa shape index (κ3) is 2.25. The maximum Gasteiger partial charge on any atom is 0.141 e. The van der Waals surface area contributed by atoms with Gasteiger partial charge < -0.3 is 9.67 Å². The zero-order valence-corrected chi connectivity index (χ0v) is 13.9. The van der Waals surface area contributed by atoms with Gasteiger partial charge in [0.2, 0.25) is 0 Å². The molecular weight excluding hydrogens is 384 g/mol. The maximum atomic E-state index is 9.85. The Kier molecular flexibility index (Phi) is 3.56. The molecule has 0 amide bonds. The van der Waals surface area contributed by atoms with E-state index >= 15 is 0 Å². The Labute approximate surface area is 133 Å². The predicted octanol–water partition coefficient (Wildman–Crippen LogP) is 4.95.